The molecule has 0 aromatic carbocycles. The average Bonchev–Trinajstić information content (AvgIpc) is 2.84. The molecule has 0 unspecified atom stereocenters. The number of carbonyl (C=O) groups excluding carboxylic acids is 2. The van der Waals surface area contributed by atoms with Crippen molar-refractivity contribution in [2.75, 3.05) is 19.7 Å². The van der Waals surface area contributed by atoms with Gasteiger partial charge < -0.3 is 15.8 Å². The lowest BCUT2D eigenvalue weighted by atomic mass is 9.85. The van der Waals surface area contributed by atoms with E-state index in [1.54, 1.807) is 6.92 Å². The lowest BCUT2D eigenvalue weighted by Crippen LogP contribution is -2.44. The number of nitrogens with one attached hydrogen (secondary N) is 1. The molecule has 1 fully saturated rings. The van der Waals surface area contributed by atoms with Crippen LogP contribution >= 0.6 is 0 Å². The highest BCUT2D eigenvalue weighted by atomic mass is 16.5. The second-order valence-electron chi connectivity index (χ2n) is 4.86. The van der Waals surface area contributed by atoms with Gasteiger partial charge in [0.15, 0.2) is 0 Å². The molecule has 0 spiro atoms. The van der Waals surface area contributed by atoms with Crippen molar-refractivity contribution in [3.05, 3.63) is 0 Å². The average molecular weight is 256 g/mol. The second kappa shape index (κ2) is 7.36. The van der Waals surface area contributed by atoms with Crippen molar-refractivity contribution >= 4 is 11.9 Å². The number of ether oxygens (including phenoxy) is 1. The topological polar surface area (TPSA) is 81.4 Å². The molecule has 0 aliphatic heterocycles. The van der Waals surface area contributed by atoms with E-state index in [1.165, 1.54) is 0 Å². The van der Waals surface area contributed by atoms with Crippen LogP contribution in [0.25, 0.3) is 0 Å². The summed E-state index contributed by atoms with van der Waals surface area (Å²) < 4.78 is 4.82. The molecule has 1 saturated carbocycles. The third-order valence-corrected chi connectivity index (χ3v) is 3.58. The standard InChI is InChI=1S/C13H24N2O3/c1-2-18-11(16)6-5-9-15-12(17)13(10-14)7-3-4-8-13/h2-10,14H2,1H3,(H,15,17). The lowest BCUT2D eigenvalue weighted by molar-refractivity contribution is -0.143. The molecule has 1 aliphatic carbocycles. The number of carbonyl (C=O) groups is 2. The number of rotatable bonds is 7. The van der Waals surface area contributed by atoms with Gasteiger partial charge >= 0.3 is 5.97 Å². The maximum Gasteiger partial charge on any atom is 0.305 e. The summed E-state index contributed by atoms with van der Waals surface area (Å²) in [7, 11) is 0. The number of hydrogen-bond acceptors (Lipinski definition) is 4. The summed E-state index contributed by atoms with van der Waals surface area (Å²) in [5.41, 5.74) is 5.37. The van der Waals surface area contributed by atoms with E-state index >= 15 is 0 Å². The first-order valence-corrected chi connectivity index (χ1v) is 6.78. The Morgan fingerprint density at radius 1 is 1.33 bits per heavy atom. The highest BCUT2D eigenvalue weighted by Gasteiger charge is 2.39. The molecule has 0 saturated heterocycles. The quantitative estimate of drug-likeness (QED) is 0.525. The first-order valence-electron chi connectivity index (χ1n) is 6.78. The number of hydrogen-bond donors (Lipinski definition) is 2. The van der Waals surface area contributed by atoms with E-state index in [9.17, 15) is 9.59 Å². The summed E-state index contributed by atoms with van der Waals surface area (Å²) in [6.07, 6.45) is 4.89. The Labute approximate surface area is 108 Å². The molecule has 0 bridgehead atoms. The molecule has 0 atom stereocenters. The Bertz CT molecular complexity index is 286. The van der Waals surface area contributed by atoms with Gasteiger partial charge in [-0.25, -0.2) is 0 Å². The van der Waals surface area contributed by atoms with E-state index in [-0.39, 0.29) is 17.3 Å². The maximum absolute atomic E-state index is 12.1. The molecule has 5 nitrogen and oxygen atoms in total. The van der Waals surface area contributed by atoms with Gasteiger partial charge in [-0.05, 0) is 26.2 Å². The first-order chi connectivity index (χ1) is 8.64. The molecule has 18 heavy (non-hydrogen) atoms. The van der Waals surface area contributed by atoms with Crippen molar-refractivity contribution in [3.63, 3.8) is 0 Å². The van der Waals surface area contributed by atoms with Crippen molar-refractivity contribution < 1.29 is 14.3 Å². The number of esters is 1. The fourth-order valence-electron chi connectivity index (χ4n) is 2.43. The zero-order valence-electron chi connectivity index (χ0n) is 11.2. The molecule has 1 amide bonds. The van der Waals surface area contributed by atoms with Crippen molar-refractivity contribution in [2.45, 2.75) is 45.4 Å². The molecule has 0 heterocycles. The third kappa shape index (κ3) is 3.98. The second-order valence-corrected chi connectivity index (χ2v) is 4.86. The minimum atomic E-state index is -0.357. The van der Waals surface area contributed by atoms with Gasteiger partial charge in [0.25, 0.3) is 0 Å². The van der Waals surface area contributed by atoms with E-state index in [0.29, 0.717) is 32.5 Å². The van der Waals surface area contributed by atoms with Gasteiger partial charge in [-0.15, -0.1) is 0 Å². The SMILES string of the molecule is CCOC(=O)CCCNC(=O)C1(CN)CCCC1. The predicted molar refractivity (Wildman–Crippen MR) is 68.8 cm³/mol. The number of amides is 1. The van der Waals surface area contributed by atoms with Crippen molar-refractivity contribution in [1.29, 1.82) is 0 Å². The zero-order valence-corrected chi connectivity index (χ0v) is 11.2. The molecule has 1 rings (SSSR count). The Morgan fingerprint density at radius 2 is 2.00 bits per heavy atom. The smallest absolute Gasteiger partial charge is 0.305 e. The van der Waals surface area contributed by atoms with E-state index in [0.717, 1.165) is 25.7 Å². The van der Waals surface area contributed by atoms with Gasteiger partial charge in [0.05, 0.1) is 12.0 Å². The summed E-state index contributed by atoms with van der Waals surface area (Å²) in [6.45, 7) is 3.11. The summed E-state index contributed by atoms with van der Waals surface area (Å²) in [4.78, 5) is 23.2. The van der Waals surface area contributed by atoms with Gasteiger partial charge in [0.2, 0.25) is 5.91 Å². The van der Waals surface area contributed by atoms with Gasteiger partial charge in [-0.1, -0.05) is 12.8 Å². The monoisotopic (exact) mass is 256 g/mol. The molecule has 1 aliphatic rings. The minimum absolute atomic E-state index is 0.0476. The van der Waals surface area contributed by atoms with Crippen molar-refractivity contribution in [2.24, 2.45) is 11.1 Å². The van der Waals surface area contributed by atoms with E-state index < -0.39 is 0 Å². The van der Waals surface area contributed by atoms with Crippen LogP contribution in [0.4, 0.5) is 0 Å². The van der Waals surface area contributed by atoms with Crippen LogP contribution in [0, 0.1) is 5.41 Å². The molecule has 0 radical (unpaired) electrons. The van der Waals surface area contributed by atoms with Gasteiger partial charge in [-0.2, -0.15) is 0 Å². The van der Waals surface area contributed by atoms with Crippen LogP contribution in [0.3, 0.4) is 0 Å². The maximum atomic E-state index is 12.1. The van der Waals surface area contributed by atoms with E-state index in [1.807, 2.05) is 0 Å². The highest BCUT2D eigenvalue weighted by molar-refractivity contribution is 5.83. The Morgan fingerprint density at radius 3 is 2.56 bits per heavy atom. The summed E-state index contributed by atoms with van der Waals surface area (Å²) in [6, 6.07) is 0. The van der Waals surface area contributed by atoms with Gasteiger partial charge in [0, 0.05) is 19.5 Å². The van der Waals surface area contributed by atoms with Crippen LogP contribution < -0.4 is 11.1 Å². The molecular formula is C13H24N2O3. The van der Waals surface area contributed by atoms with Crippen LogP contribution in [0.1, 0.15) is 45.4 Å². The Balaban J connectivity index is 2.22. The zero-order chi connectivity index (χ0) is 13.4. The predicted octanol–water partition coefficient (Wildman–Crippen LogP) is 0.965. The fourth-order valence-corrected chi connectivity index (χ4v) is 2.43. The van der Waals surface area contributed by atoms with Crippen LogP contribution in [0.2, 0.25) is 0 Å². The van der Waals surface area contributed by atoms with Crippen molar-refractivity contribution in [3.8, 4) is 0 Å². The molecular weight excluding hydrogens is 232 g/mol. The minimum Gasteiger partial charge on any atom is -0.466 e. The van der Waals surface area contributed by atoms with Gasteiger partial charge in [0.1, 0.15) is 0 Å². The fraction of sp³-hybridized carbons (Fsp3) is 0.846. The first kappa shape index (κ1) is 15.0. The molecule has 3 N–H and O–H groups in total. The highest BCUT2D eigenvalue weighted by Crippen LogP contribution is 2.37. The van der Waals surface area contributed by atoms with Crippen LogP contribution in [-0.2, 0) is 14.3 Å². The molecule has 0 aromatic heterocycles. The summed E-state index contributed by atoms with van der Waals surface area (Å²) in [5.74, 6) is -0.160. The van der Waals surface area contributed by atoms with Crippen LogP contribution in [0.15, 0.2) is 0 Å². The lowest BCUT2D eigenvalue weighted by Gasteiger charge is -2.25. The summed E-state index contributed by atoms with van der Waals surface area (Å²) in [5, 5.41) is 2.89. The van der Waals surface area contributed by atoms with Crippen LogP contribution in [0.5, 0.6) is 0 Å². The van der Waals surface area contributed by atoms with Crippen molar-refractivity contribution in [1.82, 2.24) is 5.32 Å². The van der Waals surface area contributed by atoms with Gasteiger partial charge in [-0.3, -0.25) is 9.59 Å². The summed E-state index contributed by atoms with van der Waals surface area (Å²) >= 11 is 0. The molecule has 0 aromatic rings. The molecule has 5 heteroatoms. The third-order valence-electron chi connectivity index (χ3n) is 3.58. The van der Waals surface area contributed by atoms with Crippen LogP contribution in [-0.4, -0.2) is 31.6 Å². The van der Waals surface area contributed by atoms with E-state index in [4.69, 9.17) is 10.5 Å². The normalized spacial score (nSPS) is 17.4. The Kier molecular flexibility index (Phi) is 6.12. The number of nitrogens with two attached hydrogens (primary N) is 1. The Hall–Kier alpha value is -1.10. The van der Waals surface area contributed by atoms with E-state index in [2.05, 4.69) is 5.32 Å². The largest absolute Gasteiger partial charge is 0.466 e. The molecule has 104 valence electrons.